The minimum Gasteiger partial charge on any atom is -0.342 e. The lowest BCUT2D eigenvalue weighted by Gasteiger charge is -2.30. The van der Waals surface area contributed by atoms with E-state index in [0.29, 0.717) is 19.5 Å². The maximum absolute atomic E-state index is 13.9. The summed E-state index contributed by atoms with van der Waals surface area (Å²) in [6.07, 6.45) is 1.31. The molecule has 0 saturated heterocycles. The summed E-state index contributed by atoms with van der Waals surface area (Å²) in [7, 11) is 0. The Morgan fingerprint density at radius 1 is 0.600 bits per heavy atom. The van der Waals surface area contributed by atoms with Crippen molar-refractivity contribution < 1.29 is 4.79 Å². The van der Waals surface area contributed by atoms with Crippen LogP contribution in [0.4, 0.5) is 0 Å². The first kappa shape index (κ1) is 24.8. The van der Waals surface area contributed by atoms with E-state index in [1.165, 1.54) is 22.3 Å². The Hall–Kier alpha value is -3.30. The molecule has 0 aromatic heterocycles. The Balaban J connectivity index is 1.63. The number of carbonyl (C=O) groups is 1. The van der Waals surface area contributed by atoms with Crippen LogP contribution >= 0.6 is 12.6 Å². The summed E-state index contributed by atoms with van der Waals surface area (Å²) in [4.78, 5) is 16.0. The van der Waals surface area contributed by atoms with Gasteiger partial charge in [-0.25, -0.2) is 0 Å². The molecule has 4 aromatic carbocycles. The van der Waals surface area contributed by atoms with Gasteiger partial charge in [0.25, 0.3) is 0 Å². The normalized spacial score (nSPS) is 11.1. The van der Waals surface area contributed by atoms with Crippen molar-refractivity contribution in [1.82, 2.24) is 4.90 Å². The number of amides is 1. The molecule has 35 heavy (non-hydrogen) atoms. The van der Waals surface area contributed by atoms with Gasteiger partial charge in [-0.1, -0.05) is 121 Å². The van der Waals surface area contributed by atoms with Crippen molar-refractivity contribution in [2.24, 2.45) is 0 Å². The fourth-order valence-corrected chi connectivity index (χ4v) is 4.82. The summed E-state index contributed by atoms with van der Waals surface area (Å²) in [6, 6.07) is 41.8. The molecule has 4 rings (SSSR count). The van der Waals surface area contributed by atoms with E-state index in [0.717, 1.165) is 12.2 Å². The van der Waals surface area contributed by atoms with Crippen LogP contribution in [-0.2, 0) is 4.79 Å². The quantitative estimate of drug-likeness (QED) is 0.226. The van der Waals surface area contributed by atoms with E-state index in [-0.39, 0.29) is 17.7 Å². The van der Waals surface area contributed by atoms with E-state index in [4.69, 9.17) is 0 Å². The van der Waals surface area contributed by atoms with Gasteiger partial charge in [0.15, 0.2) is 0 Å². The van der Waals surface area contributed by atoms with Crippen LogP contribution < -0.4 is 0 Å². The van der Waals surface area contributed by atoms with E-state index >= 15 is 0 Å². The molecule has 0 unspecified atom stereocenters. The van der Waals surface area contributed by atoms with Crippen molar-refractivity contribution in [3.63, 3.8) is 0 Å². The molecule has 0 saturated carbocycles. The zero-order chi connectivity index (χ0) is 24.3. The predicted molar refractivity (Wildman–Crippen MR) is 149 cm³/mol. The second-order valence-corrected chi connectivity index (χ2v) is 9.32. The minimum atomic E-state index is 0.0234. The van der Waals surface area contributed by atoms with Crippen LogP contribution in [0.1, 0.15) is 46.9 Å². The highest BCUT2D eigenvalue weighted by atomic mass is 32.1. The van der Waals surface area contributed by atoms with E-state index in [2.05, 4.69) is 115 Å². The lowest BCUT2D eigenvalue weighted by atomic mass is 9.87. The maximum atomic E-state index is 13.9. The van der Waals surface area contributed by atoms with Gasteiger partial charge in [-0.3, -0.25) is 4.79 Å². The topological polar surface area (TPSA) is 20.3 Å². The average molecular weight is 480 g/mol. The largest absolute Gasteiger partial charge is 0.342 e. The second-order valence-electron chi connectivity index (χ2n) is 8.87. The zero-order valence-corrected chi connectivity index (χ0v) is 20.9. The molecule has 0 aliphatic heterocycles. The van der Waals surface area contributed by atoms with Crippen molar-refractivity contribution in [1.29, 1.82) is 0 Å². The molecule has 0 bridgehead atoms. The van der Waals surface area contributed by atoms with Gasteiger partial charge in [0.2, 0.25) is 5.91 Å². The summed E-state index contributed by atoms with van der Waals surface area (Å²) in [6.45, 7) is 1.35. The van der Waals surface area contributed by atoms with Crippen LogP contribution in [0, 0.1) is 0 Å². The summed E-state index contributed by atoms with van der Waals surface area (Å²) in [5.74, 6) is 1.08. The highest BCUT2D eigenvalue weighted by Gasteiger charge is 2.25. The van der Waals surface area contributed by atoms with E-state index in [9.17, 15) is 4.79 Å². The molecule has 0 spiro atoms. The van der Waals surface area contributed by atoms with Crippen LogP contribution in [0.25, 0.3) is 0 Å². The molecule has 3 heteroatoms. The van der Waals surface area contributed by atoms with Gasteiger partial charge in [-0.2, -0.15) is 12.6 Å². The summed E-state index contributed by atoms with van der Waals surface area (Å²) in [5.41, 5.74) is 4.79. The minimum absolute atomic E-state index is 0.0234. The fraction of sp³-hybridized carbons (Fsp3) is 0.219. The first-order chi connectivity index (χ1) is 17.3. The second kappa shape index (κ2) is 13.0. The summed E-state index contributed by atoms with van der Waals surface area (Å²) >= 11 is 4.44. The Morgan fingerprint density at radius 2 is 0.971 bits per heavy atom. The fourth-order valence-electron chi connectivity index (χ4n) is 4.68. The van der Waals surface area contributed by atoms with Gasteiger partial charge in [-0.15, -0.1) is 0 Å². The molecule has 0 radical (unpaired) electrons. The maximum Gasteiger partial charge on any atom is 0.223 e. The molecule has 0 aliphatic rings. The number of carbonyl (C=O) groups excluding carboxylic acids is 1. The van der Waals surface area contributed by atoms with Crippen molar-refractivity contribution in [2.45, 2.75) is 24.7 Å². The van der Waals surface area contributed by atoms with Crippen molar-refractivity contribution in [2.75, 3.05) is 18.8 Å². The summed E-state index contributed by atoms with van der Waals surface area (Å²) < 4.78 is 0. The molecule has 0 N–H and O–H groups in total. The van der Waals surface area contributed by atoms with Crippen LogP contribution in [0.5, 0.6) is 0 Å². The van der Waals surface area contributed by atoms with E-state index in [1.807, 2.05) is 24.3 Å². The van der Waals surface area contributed by atoms with Gasteiger partial charge in [-0.05, 0) is 34.4 Å². The van der Waals surface area contributed by atoms with E-state index in [1.54, 1.807) is 0 Å². The average Bonchev–Trinajstić information content (AvgIpc) is 2.93. The van der Waals surface area contributed by atoms with Crippen LogP contribution in [-0.4, -0.2) is 29.6 Å². The molecule has 0 heterocycles. The van der Waals surface area contributed by atoms with Crippen molar-refractivity contribution in [3.05, 3.63) is 144 Å². The van der Waals surface area contributed by atoms with E-state index < -0.39 is 0 Å². The van der Waals surface area contributed by atoms with Crippen molar-refractivity contribution in [3.8, 4) is 0 Å². The standard InChI is InChI=1S/C32H33NOS/c34-32(24-30(26-14-5-1-6-15-26)27-16-7-2-8-17-27)33(22-13-23-35)25-31(28-18-9-3-10-19-28)29-20-11-4-12-21-29/h1-12,14-21,30-31,35H,13,22-25H2. The molecular weight excluding hydrogens is 446 g/mol. The third kappa shape index (κ3) is 6.86. The molecule has 0 atom stereocenters. The van der Waals surface area contributed by atoms with Crippen LogP contribution in [0.3, 0.4) is 0 Å². The molecule has 0 aliphatic carbocycles. The van der Waals surface area contributed by atoms with Crippen LogP contribution in [0.15, 0.2) is 121 Å². The zero-order valence-electron chi connectivity index (χ0n) is 20.0. The SMILES string of the molecule is O=C(CC(c1ccccc1)c1ccccc1)N(CCCS)CC(c1ccccc1)c1ccccc1. The van der Waals surface area contributed by atoms with Gasteiger partial charge in [0, 0.05) is 31.3 Å². The third-order valence-electron chi connectivity index (χ3n) is 6.53. The number of benzene rings is 4. The first-order valence-electron chi connectivity index (χ1n) is 12.3. The Kier molecular flexibility index (Phi) is 9.19. The van der Waals surface area contributed by atoms with Gasteiger partial charge < -0.3 is 4.90 Å². The monoisotopic (exact) mass is 479 g/mol. The third-order valence-corrected chi connectivity index (χ3v) is 6.84. The number of thiol groups is 1. The lowest BCUT2D eigenvalue weighted by molar-refractivity contribution is -0.131. The number of hydrogen-bond acceptors (Lipinski definition) is 2. The molecule has 0 fully saturated rings. The lowest BCUT2D eigenvalue weighted by Crippen LogP contribution is -2.37. The highest BCUT2D eigenvalue weighted by Crippen LogP contribution is 2.30. The molecule has 4 aromatic rings. The Bertz CT molecular complexity index is 1070. The molecular formula is C32H33NOS. The smallest absolute Gasteiger partial charge is 0.223 e. The number of rotatable bonds is 11. The molecule has 1 amide bonds. The number of hydrogen-bond donors (Lipinski definition) is 1. The van der Waals surface area contributed by atoms with Gasteiger partial charge >= 0.3 is 0 Å². The Morgan fingerprint density at radius 3 is 1.34 bits per heavy atom. The highest BCUT2D eigenvalue weighted by molar-refractivity contribution is 7.80. The van der Waals surface area contributed by atoms with Crippen molar-refractivity contribution >= 4 is 18.5 Å². The van der Waals surface area contributed by atoms with Gasteiger partial charge in [0.05, 0.1) is 0 Å². The molecule has 2 nitrogen and oxygen atoms in total. The molecule has 178 valence electrons. The Labute approximate surface area is 215 Å². The van der Waals surface area contributed by atoms with Crippen LogP contribution in [0.2, 0.25) is 0 Å². The van der Waals surface area contributed by atoms with Gasteiger partial charge in [0.1, 0.15) is 0 Å². The predicted octanol–water partition coefficient (Wildman–Crippen LogP) is 7.19. The number of nitrogens with zero attached hydrogens (tertiary/aromatic N) is 1. The summed E-state index contributed by atoms with van der Waals surface area (Å²) in [5, 5.41) is 0. The first-order valence-corrected chi connectivity index (χ1v) is 13.0.